The third-order valence-corrected chi connectivity index (χ3v) is 2.87. The number of hydrogen-bond acceptors (Lipinski definition) is 4. The van der Waals surface area contributed by atoms with Gasteiger partial charge in [-0.25, -0.2) is 9.97 Å². The van der Waals surface area contributed by atoms with Crippen LogP contribution in [0.1, 0.15) is 18.4 Å². The van der Waals surface area contributed by atoms with Gasteiger partial charge < -0.3 is 10.2 Å². The molecule has 4 nitrogen and oxygen atoms in total. The first-order chi connectivity index (χ1) is 7.20. The summed E-state index contributed by atoms with van der Waals surface area (Å²) in [5.74, 6) is 1.98. The Bertz CT molecular complexity index is 346. The summed E-state index contributed by atoms with van der Waals surface area (Å²) >= 11 is 0. The molecular weight excluding hydrogens is 188 g/mol. The van der Waals surface area contributed by atoms with E-state index in [1.165, 1.54) is 0 Å². The Labute approximate surface area is 90.7 Å². The third-order valence-electron chi connectivity index (χ3n) is 2.87. The topological polar surface area (TPSA) is 41.1 Å². The van der Waals surface area contributed by atoms with Crippen LogP contribution in [-0.4, -0.2) is 36.1 Å². The number of nitrogens with one attached hydrogen (secondary N) is 1. The molecule has 1 aromatic rings. The average molecular weight is 206 g/mol. The van der Waals surface area contributed by atoms with E-state index >= 15 is 0 Å². The molecule has 0 unspecified atom stereocenters. The van der Waals surface area contributed by atoms with Crippen molar-refractivity contribution in [2.75, 3.05) is 25.0 Å². The lowest BCUT2D eigenvalue weighted by Gasteiger charge is -2.36. The lowest BCUT2D eigenvalue weighted by atomic mass is 10.1. The fourth-order valence-corrected chi connectivity index (χ4v) is 1.69. The summed E-state index contributed by atoms with van der Waals surface area (Å²) in [5, 5.41) is 3.27. The van der Waals surface area contributed by atoms with E-state index in [4.69, 9.17) is 0 Å². The van der Waals surface area contributed by atoms with Gasteiger partial charge in [0.1, 0.15) is 11.6 Å². The van der Waals surface area contributed by atoms with Gasteiger partial charge in [-0.15, -0.1) is 0 Å². The number of rotatable bonds is 3. The van der Waals surface area contributed by atoms with Crippen LogP contribution in [0.25, 0.3) is 0 Å². The van der Waals surface area contributed by atoms with E-state index in [1.54, 1.807) is 0 Å². The molecule has 1 N–H and O–H groups in total. The lowest BCUT2D eigenvalue weighted by Crippen LogP contribution is -2.56. The Morgan fingerprint density at radius 1 is 1.47 bits per heavy atom. The van der Waals surface area contributed by atoms with Gasteiger partial charge in [0.25, 0.3) is 0 Å². The van der Waals surface area contributed by atoms with E-state index in [2.05, 4.69) is 40.2 Å². The molecule has 0 amide bonds. The second kappa shape index (κ2) is 4.14. The van der Waals surface area contributed by atoms with Crippen LogP contribution in [-0.2, 0) is 6.42 Å². The van der Waals surface area contributed by atoms with Gasteiger partial charge in [-0.2, -0.15) is 0 Å². The van der Waals surface area contributed by atoms with Crippen molar-refractivity contribution in [2.24, 2.45) is 0 Å². The second-order valence-electron chi connectivity index (χ2n) is 4.06. The molecule has 82 valence electrons. The van der Waals surface area contributed by atoms with Crippen LogP contribution in [0.4, 0.5) is 5.82 Å². The van der Waals surface area contributed by atoms with Crippen LogP contribution in [0.2, 0.25) is 0 Å². The van der Waals surface area contributed by atoms with Gasteiger partial charge in [0.2, 0.25) is 0 Å². The molecule has 0 saturated carbocycles. The summed E-state index contributed by atoms with van der Waals surface area (Å²) in [4.78, 5) is 11.2. The standard InChI is InChI=1S/C11H18N4/c1-4-10-13-8(2)5-11(14-10)15(3)9-6-12-7-9/h5,9,12H,4,6-7H2,1-3H3. The van der Waals surface area contributed by atoms with Crippen molar-refractivity contribution in [3.05, 3.63) is 17.6 Å². The number of aromatic nitrogens is 2. The summed E-state index contributed by atoms with van der Waals surface area (Å²) in [6, 6.07) is 2.64. The Morgan fingerprint density at radius 2 is 2.20 bits per heavy atom. The number of hydrogen-bond donors (Lipinski definition) is 1. The fourth-order valence-electron chi connectivity index (χ4n) is 1.69. The fraction of sp³-hybridized carbons (Fsp3) is 0.636. The van der Waals surface area contributed by atoms with Gasteiger partial charge in [0.05, 0.1) is 6.04 Å². The highest BCUT2D eigenvalue weighted by Gasteiger charge is 2.22. The van der Waals surface area contributed by atoms with E-state index in [9.17, 15) is 0 Å². The highest BCUT2D eigenvalue weighted by molar-refractivity contribution is 5.41. The molecule has 1 saturated heterocycles. The Morgan fingerprint density at radius 3 is 2.73 bits per heavy atom. The Hall–Kier alpha value is -1.16. The van der Waals surface area contributed by atoms with Crippen LogP contribution in [0.15, 0.2) is 6.07 Å². The molecule has 0 radical (unpaired) electrons. The molecule has 0 aliphatic carbocycles. The molecule has 1 aliphatic heterocycles. The van der Waals surface area contributed by atoms with Crippen molar-refractivity contribution >= 4 is 5.82 Å². The minimum atomic E-state index is 0.587. The van der Waals surface area contributed by atoms with Gasteiger partial charge >= 0.3 is 0 Å². The minimum absolute atomic E-state index is 0.587. The van der Waals surface area contributed by atoms with E-state index in [0.29, 0.717) is 6.04 Å². The van der Waals surface area contributed by atoms with Crippen LogP contribution in [0.5, 0.6) is 0 Å². The first-order valence-corrected chi connectivity index (χ1v) is 5.49. The molecule has 4 heteroatoms. The van der Waals surface area contributed by atoms with Crippen LogP contribution in [0.3, 0.4) is 0 Å². The molecule has 0 bridgehead atoms. The molecule has 1 aliphatic rings. The predicted octanol–water partition coefficient (Wildman–Crippen LogP) is 0.755. The highest BCUT2D eigenvalue weighted by atomic mass is 15.3. The van der Waals surface area contributed by atoms with Crippen LogP contribution < -0.4 is 10.2 Å². The van der Waals surface area contributed by atoms with Gasteiger partial charge in [-0.1, -0.05) is 6.92 Å². The van der Waals surface area contributed by atoms with E-state index in [-0.39, 0.29) is 0 Å². The van der Waals surface area contributed by atoms with Crippen molar-refractivity contribution in [2.45, 2.75) is 26.3 Å². The molecular formula is C11H18N4. The largest absolute Gasteiger partial charge is 0.354 e. The summed E-state index contributed by atoms with van der Waals surface area (Å²) in [7, 11) is 2.10. The SMILES string of the molecule is CCc1nc(C)cc(N(C)C2CNC2)n1. The number of aryl methyl sites for hydroxylation is 2. The zero-order chi connectivity index (χ0) is 10.8. The normalized spacial score (nSPS) is 16.2. The predicted molar refractivity (Wildman–Crippen MR) is 61.2 cm³/mol. The number of anilines is 1. The molecule has 0 aromatic carbocycles. The van der Waals surface area contributed by atoms with Crippen molar-refractivity contribution in [1.29, 1.82) is 0 Å². The molecule has 1 aromatic heterocycles. The maximum absolute atomic E-state index is 4.54. The maximum atomic E-state index is 4.54. The first kappa shape index (κ1) is 10.4. The van der Waals surface area contributed by atoms with E-state index in [0.717, 1.165) is 36.8 Å². The zero-order valence-electron chi connectivity index (χ0n) is 9.62. The van der Waals surface area contributed by atoms with Gasteiger partial charge in [0, 0.05) is 38.3 Å². The Balaban J connectivity index is 2.22. The van der Waals surface area contributed by atoms with Crippen molar-refractivity contribution in [3.63, 3.8) is 0 Å². The lowest BCUT2D eigenvalue weighted by molar-refractivity contribution is 0.426. The molecule has 1 fully saturated rings. The smallest absolute Gasteiger partial charge is 0.132 e. The van der Waals surface area contributed by atoms with Gasteiger partial charge in [0.15, 0.2) is 0 Å². The first-order valence-electron chi connectivity index (χ1n) is 5.49. The van der Waals surface area contributed by atoms with Crippen LogP contribution in [0, 0.1) is 6.92 Å². The zero-order valence-corrected chi connectivity index (χ0v) is 9.62. The summed E-state index contributed by atoms with van der Waals surface area (Å²) in [6.45, 7) is 6.22. The highest BCUT2D eigenvalue weighted by Crippen LogP contribution is 2.15. The minimum Gasteiger partial charge on any atom is -0.354 e. The third kappa shape index (κ3) is 2.09. The van der Waals surface area contributed by atoms with E-state index < -0.39 is 0 Å². The second-order valence-corrected chi connectivity index (χ2v) is 4.06. The van der Waals surface area contributed by atoms with Crippen molar-refractivity contribution < 1.29 is 0 Å². The average Bonchev–Trinajstić information content (AvgIpc) is 2.14. The molecule has 15 heavy (non-hydrogen) atoms. The maximum Gasteiger partial charge on any atom is 0.132 e. The van der Waals surface area contributed by atoms with Gasteiger partial charge in [-0.05, 0) is 6.92 Å². The van der Waals surface area contributed by atoms with Crippen molar-refractivity contribution in [3.8, 4) is 0 Å². The molecule has 0 spiro atoms. The van der Waals surface area contributed by atoms with E-state index in [1.807, 2.05) is 6.92 Å². The summed E-state index contributed by atoms with van der Waals surface area (Å²) < 4.78 is 0. The number of likely N-dealkylation sites (N-methyl/N-ethyl adjacent to an activating group) is 1. The molecule has 2 heterocycles. The van der Waals surface area contributed by atoms with Crippen molar-refractivity contribution in [1.82, 2.24) is 15.3 Å². The van der Waals surface area contributed by atoms with Gasteiger partial charge in [-0.3, -0.25) is 0 Å². The monoisotopic (exact) mass is 206 g/mol. The Kier molecular flexibility index (Phi) is 2.86. The quantitative estimate of drug-likeness (QED) is 0.792. The summed E-state index contributed by atoms with van der Waals surface area (Å²) in [6.07, 6.45) is 0.894. The molecule has 0 atom stereocenters. The summed E-state index contributed by atoms with van der Waals surface area (Å²) in [5.41, 5.74) is 1.05. The molecule has 2 rings (SSSR count). The van der Waals surface area contributed by atoms with Crippen LogP contribution >= 0.6 is 0 Å². The number of nitrogens with zero attached hydrogens (tertiary/aromatic N) is 3.